The van der Waals surface area contributed by atoms with Crippen LogP contribution in [0.15, 0.2) is 40.2 Å². The van der Waals surface area contributed by atoms with E-state index in [2.05, 4.69) is 24.2 Å². The van der Waals surface area contributed by atoms with Crippen LogP contribution < -0.4 is 5.32 Å². The third kappa shape index (κ3) is 5.69. The standard InChI is InChI=1S/C19H24FN3O2S/c1-3-5-11-21-19-23(12-6-4-2)18(25)16(26-19)13-17(24)22-15-9-7-14(20)8-10-15/h7-10,13H,3-6,11-12H2,1-2H3,(H,22,24)/b16-13-,21-19?. The number of amidine groups is 1. The Kier molecular flexibility index (Phi) is 7.84. The molecule has 140 valence electrons. The molecule has 2 rings (SSSR count). The maximum Gasteiger partial charge on any atom is 0.266 e. The van der Waals surface area contributed by atoms with Crippen LogP contribution in [0.25, 0.3) is 0 Å². The molecule has 0 radical (unpaired) electrons. The average molecular weight is 377 g/mol. The summed E-state index contributed by atoms with van der Waals surface area (Å²) >= 11 is 1.24. The Bertz CT molecular complexity index is 701. The number of carbonyl (C=O) groups excluding carboxylic acids is 2. The summed E-state index contributed by atoms with van der Waals surface area (Å²) in [6.07, 6.45) is 5.14. The van der Waals surface area contributed by atoms with Crippen LogP contribution in [0.3, 0.4) is 0 Å². The van der Waals surface area contributed by atoms with Gasteiger partial charge in [0.1, 0.15) is 5.82 Å². The molecule has 5 nitrogen and oxygen atoms in total. The molecule has 0 bridgehead atoms. The third-order valence-corrected chi connectivity index (χ3v) is 4.80. The molecule has 0 spiro atoms. The van der Waals surface area contributed by atoms with E-state index >= 15 is 0 Å². The zero-order chi connectivity index (χ0) is 18.9. The number of hydrogen-bond donors (Lipinski definition) is 1. The van der Waals surface area contributed by atoms with Crippen LogP contribution in [0.2, 0.25) is 0 Å². The molecule has 26 heavy (non-hydrogen) atoms. The van der Waals surface area contributed by atoms with Crippen molar-refractivity contribution < 1.29 is 14.0 Å². The molecular weight excluding hydrogens is 353 g/mol. The molecule has 7 heteroatoms. The minimum Gasteiger partial charge on any atom is -0.322 e. The molecule has 1 aromatic rings. The molecule has 1 aromatic carbocycles. The predicted octanol–water partition coefficient (Wildman–Crippen LogP) is 4.18. The van der Waals surface area contributed by atoms with E-state index in [1.807, 2.05) is 0 Å². The van der Waals surface area contributed by atoms with Crippen LogP contribution >= 0.6 is 11.8 Å². The summed E-state index contributed by atoms with van der Waals surface area (Å²) in [5, 5.41) is 3.30. The molecule has 0 unspecified atom stereocenters. The first-order chi connectivity index (χ1) is 12.5. The number of carbonyl (C=O) groups is 2. The van der Waals surface area contributed by atoms with Gasteiger partial charge in [0.25, 0.3) is 5.91 Å². The van der Waals surface area contributed by atoms with E-state index in [0.717, 1.165) is 25.7 Å². The van der Waals surface area contributed by atoms with Crippen molar-refractivity contribution >= 4 is 34.4 Å². The van der Waals surface area contributed by atoms with Gasteiger partial charge in [-0.2, -0.15) is 0 Å². The van der Waals surface area contributed by atoms with Gasteiger partial charge in [-0.3, -0.25) is 19.5 Å². The Morgan fingerprint density at radius 1 is 1.23 bits per heavy atom. The second kappa shape index (κ2) is 10.1. The van der Waals surface area contributed by atoms with Gasteiger partial charge >= 0.3 is 0 Å². The van der Waals surface area contributed by atoms with Gasteiger partial charge in [-0.15, -0.1) is 0 Å². The monoisotopic (exact) mass is 377 g/mol. The van der Waals surface area contributed by atoms with Crippen LogP contribution in [0, 0.1) is 5.82 Å². The summed E-state index contributed by atoms with van der Waals surface area (Å²) in [4.78, 5) is 31.3. The Hall–Kier alpha value is -2.15. The summed E-state index contributed by atoms with van der Waals surface area (Å²) in [5.41, 5.74) is 0.475. The molecule has 0 aliphatic carbocycles. The summed E-state index contributed by atoms with van der Waals surface area (Å²) in [7, 11) is 0. The lowest BCUT2D eigenvalue weighted by atomic mass is 10.3. The molecule has 0 saturated carbocycles. The van der Waals surface area contributed by atoms with Crippen molar-refractivity contribution in [2.45, 2.75) is 39.5 Å². The van der Waals surface area contributed by atoms with E-state index in [0.29, 0.717) is 28.8 Å². The number of nitrogens with one attached hydrogen (secondary N) is 1. The highest BCUT2D eigenvalue weighted by molar-refractivity contribution is 8.18. The molecule has 1 aliphatic heterocycles. The second-order valence-corrected chi connectivity index (χ2v) is 6.94. The van der Waals surface area contributed by atoms with Gasteiger partial charge in [0, 0.05) is 24.9 Å². The molecule has 1 fully saturated rings. The van der Waals surface area contributed by atoms with Crippen molar-refractivity contribution in [2.24, 2.45) is 4.99 Å². The fraction of sp³-hybridized carbons (Fsp3) is 0.421. The number of hydrogen-bond acceptors (Lipinski definition) is 4. The van der Waals surface area contributed by atoms with Gasteiger partial charge in [0.15, 0.2) is 5.17 Å². The first-order valence-corrected chi connectivity index (χ1v) is 9.69. The highest BCUT2D eigenvalue weighted by Crippen LogP contribution is 2.31. The van der Waals surface area contributed by atoms with Gasteiger partial charge in [0.05, 0.1) is 4.91 Å². The summed E-state index contributed by atoms with van der Waals surface area (Å²) < 4.78 is 12.9. The number of amides is 2. The number of nitrogens with zero attached hydrogens (tertiary/aromatic N) is 2. The SMILES string of the molecule is CCCCN=C1S/C(=C\C(=O)Nc2ccc(F)cc2)C(=O)N1CCCC. The summed E-state index contributed by atoms with van der Waals surface area (Å²) in [6.45, 7) is 5.43. The lowest BCUT2D eigenvalue weighted by Crippen LogP contribution is -2.30. The lowest BCUT2D eigenvalue weighted by molar-refractivity contribution is -0.122. The number of rotatable bonds is 8. The quantitative estimate of drug-likeness (QED) is 0.546. The van der Waals surface area contributed by atoms with E-state index < -0.39 is 5.91 Å². The second-order valence-electron chi connectivity index (χ2n) is 5.93. The fourth-order valence-electron chi connectivity index (χ4n) is 2.30. The normalized spacial score (nSPS) is 17.3. The minimum atomic E-state index is -0.419. The summed E-state index contributed by atoms with van der Waals surface area (Å²) in [5.74, 6) is -0.979. The van der Waals surface area contributed by atoms with Gasteiger partial charge in [0.2, 0.25) is 5.91 Å². The van der Waals surface area contributed by atoms with Crippen LogP contribution in [-0.2, 0) is 9.59 Å². The third-order valence-electron chi connectivity index (χ3n) is 3.76. The highest BCUT2D eigenvalue weighted by atomic mass is 32.2. The van der Waals surface area contributed by atoms with Crippen LogP contribution in [-0.4, -0.2) is 35.0 Å². The zero-order valence-electron chi connectivity index (χ0n) is 15.1. The molecule has 1 saturated heterocycles. The van der Waals surface area contributed by atoms with Crippen molar-refractivity contribution in [3.05, 3.63) is 41.1 Å². The van der Waals surface area contributed by atoms with Crippen molar-refractivity contribution in [3.8, 4) is 0 Å². The van der Waals surface area contributed by atoms with E-state index in [1.165, 1.54) is 42.1 Å². The number of halogens is 1. The molecule has 0 aromatic heterocycles. The first kappa shape index (κ1) is 20.2. The number of thioether (sulfide) groups is 1. The first-order valence-electron chi connectivity index (χ1n) is 8.87. The average Bonchev–Trinajstić information content (AvgIpc) is 2.90. The molecule has 1 heterocycles. The Labute approximate surface area is 157 Å². The number of unbranched alkanes of at least 4 members (excludes halogenated alkanes) is 2. The Morgan fingerprint density at radius 2 is 1.92 bits per heavy atom. The van der Waals surface area contributed by atoms with E-state index in [1.54, 1.807) is 4.90 Å². The van der Waals surface area contributed by atoms with E-state index in [4.69, 9.17) is 0 Å². The number of aliphatic imine (C=N–C) groups is 1. The smallest absolute Gasteiger partial charge is 0.266 e. The van der Waals surface area contributed by atoms with Crippen molar-refractivity contribution in [3.63, 3.8) is 0 Å². The predicted molar refractivity (Wildman–Crippen MR) is 105 cm³/mol. The minimum absolute atomic E-state index is 0.187. The maximum atomic E-state index is 12.9. The fourth-order valence-corrected chi connectivity index (χ4v) is 3.30. The highest BCUT2D eigenvalue weighted by Gasteiger charge is 2.33. The molecular formula is C19H24FN3O2S. The number of benzene rings is 1. The van der Waals surface area contributed by atoms with Gasteiger partial charge in [-0.1, -0.05) is 26.7 Å². The van der Waals surface area contributed by atoms with Crippen molar-refractivity contribution in [1.82, 2.24) is 4.90 Å². The largest absolute Gasteiger partial charge is 0.322 e. The molecule has 2 amide bonds. The van der Waals surface area contributed by atoms with Gasteiger partial charge in [-0.25, -0.2) is 4.39 Å². The Morgan fingerprint density at radius 3 is 2.58 bits per heavy atom. The molecule has 0 atom stereocenters. The van der Waals surface area contributed by atoms with Crippen molar-refractivity contribution in [1.29, 1.82) is 0 Å². The molecule has 1 N–H and O–H groups in total. The zero-order valence-corrected chi connectivity index (χ0v) is 15.9. The van der Waals surface area contributed by atoms with E-state index in [9.17, 15) is 14.0 Å². The van der Waals surface area contributed by atoms with Crippen LogP contribution in [0.4, 0.5) is 10.1 Å². The topological polar surface area (TPSA) is 61.8 Å². The lowest BCUT2D eigenvalue weighted by Gasteiger charge is -2.14. The Balaban J connectivity index is 2.10. The van der Waals surface area contributed by atoms with Gasteiger partial charge in [-0.05, 0) is 48.9 Å². The van der Waals surface area contributed by atoms with Gasteiger partial charge < -0.3 is 5.32 Å². The summed E-state index contributed by atoms with van der Waals surface area (Å²) in [6, 6.07) is 5.48. The number of anilines is 1. The molecule has 1 aliphatic rings. The van der Waals surface area contributed by atoms with Crippen molar-refractivity contribution in [2.75, 3.05) is 18.4 Å². The van der Waals surface area contributed by atoms with Crippen LogP contribution in [0.1, 0.15) is 39.5 Å². The maximum absolute atomic E-state index is 12.9. The van der Waals surface area contributed by atoms with Crippen LogP contribution in [0.5, 0.6) is 0 Å². The van der Waals surface area contributed by atoms with E-state index in [-0.39, 0.29) is 11.7 Å².